The van der Waals surface area contributed by atoms with Crippen molar-refractivity contribution in [3.05, 3.63) is 70.0 Å². The highest BCUT2D eigenvalue weighted by atomic mass is 19.3. The minimum absolute atomic E-state index is 0.00281. The van der Waals surface area contributed by atoms with Crippen LogP contribution in [-0.2, 0) is 4.74 Å². The maximum atomic E-state index is 15.6. The number of nitrogens with zero attached hydrogens (tertiary/aromatic N) is 3. The lowest BCUT2D eigenvalue weighted by molar-refractivity contribution is 0.0237. The van der Waals surface area contributed by atoms with E-state index in [-0.39, 0.29) is 29.0 Å². The number of aromatic amines is 1. The number of aromatic nitrogens is 2. The van der Waals surface area contributed by atoms with Gasteiger partial charge in [0.2, 0.25) is 11.4 Å². The van der Waals surface area contributed by atoms with Gasteiger partial charge in [0.25, 0.3) is 12.3 Å². The van der Waals surface area contributed by atoms with Gasteiger partial charge in [-0.2, -0.15) is 0 Å². The maximum Gasteiger partial charge on any atom is 0.264 e. The number of rotatable bonds is 7. The Morgan fingerprint density at radius 1 is 1.20 bits per heavy atom. The van der Waals surface area contributed by atoms with Gasteiger partial charge >= 0.3 is 0 Å². The Hall–Kier alpha value is -3.90. The smallest absolute Gasteiger partial charge is 0.264 e. The summed E-state index contributed by atoms with van der Waals surface area (Å²) >= 11 is 0. The predicted molar refractivity (Wildman–Crippen MR) is 148 cm³/mol. The number of nitrogens with one attached hydrogen (secondary N) is 2. The molecule has 0 unspecified atom stereocenters. The first-order valence-corrected chi connectivity index (χ1v) is 13.5. The summed E-state index contributed by atoms with van der Waals surface area (Å²) in [6.07, 6.45) is 0.936. The van der Waals surface area contributed by atoms with Gasteiger partial charge in [0.1, 0.15) is 11.9 Å². The third kappa shape index (κ3) is 6.54. The average Bonchev–Trinajstić information content (AvgIpc) is 2.96. The van der Waals surface area contributed by atoms with Crippen LogP contribution in [-0.4, -0.2) is 72.8 Å². The molecule has 3 aromatic rings. The molecule has 4 heterocycles. The number of hydrogen-bond donors (Lipinski definition) is 2. The Labute approximate surface area is 235 Å². The summed E-state index contributed by atoms with van der Waals surface area (Å²) < 4.78 is 54.2. The van der Waals surface area contributed by atoms with Crippen LogP contribution in [0, 0.1) is 5.82 Å². The highest BCUT2D eigenvalue weighted by Gasteiger charge is 2.26. The number of carbonyl (C=O) groups is 1. The SMILES string of the molecule is C[C@@H]1CN(c2cc(F)c(-c3ccc(OC4CCOCC4)nc3)cc2NC(=O)c2c[nH]c(=O)cc2C(F)F)CCN1C. The molecule has 5 rings (SSSR count). The van der Waals surface area contributed by atoms with Gasteiger partial charge in [0.05, 0.1) is 30.2 Å². The van der Waals surface area contributed by atoms with Crippen molar-refractivity contribution in [3.63, 3.8) is 0 Å². The van der Waals surface area contributed by atoms with Gasteiger partial charge in [0, 0.05) is 79.7 Å². The molecule has 2 N–H and O–H groups in total. The first-order valence-electron chi connectivity index (χ1n) is 13.5. The van der Waals surface area contributed by atoms with Gasteiger partial charge in [-0.15, -0.1) is 0 Å². The van der Waals surface area contributed by atoms with Crippen LogP contribution < -0.4 is 20.5 Å². The van der Waals surface area contributed by atoms with Gasteiger partial charge in [0.15, 0.2) is 0 Å². The van der Waals surface area contributed by atoms with Crippen molar-refractivity contribution in [1.82, 2.24) is 14.9 Å². The summed E-state index contributed by atoms with van der Waals surface area (Å²) in [5, 5.41) is 2.69. The van der Waals surface area contributed by atoms with Crippen molar-refractivity contribution in [2.24, 2.45) is 0 Å². The Kier molecular flexibility index (Phi) is 8.60. The summed E-state index contributed by atoms with van der Waals surface area (Å²) in [6.45, 7) is 5.14. The van der Waals surface area contributed by atoms with Crippen molar-refractivity contribution >= 4 is 17.3 Å². The average molecular weight is 572 g/mol. The molecule has 218 valence electrons. The molecule has 0 radical (unpaired) electrons. The van der Waals surface area contributed by atoms with E-state index in [1.807, 2.05) is 18.9 Å². The Bertz CT molecular complexity index is 1440. The number of pyridine rings is 2. The minimum atomic E-state index is -3.03. The summed E-state index contributed by atoms with van der Waals surface area (Å²) in [7, 11) is 2.00. The van der Waals surface area contributed by atoms with Crippen molar-refractivity contribution < 1.29 is 27.4 Å². The molecule has 2 fully saturated rings. The predicted octanol–water partition coefficient (Wildman–Crippen LogP) is 4.46. The van der Waals surface area contributed by atoms with Crippen LogP contribution in [0.15, 0.2) is 47.5 Å². The summed E-state index contributed by atoms with van der Waals surface area (Å²) in [5.74, 6) is -0.965. The van der Waals surface area contributed by atoms with Crippen molar-refractivity contribution in [1.29, 1.82) is 0 Å². The number of anilines is 2. The van der Waals surface area contributed by atoms with Crippen LogP contribution in [0.2, 0.25) is 0 Å². The zero-order valence-corrected chi connectivity index (χ0v) is 22.8. The van der Waals surface area contributed by atoms with Gasteiger partial charge in [-0.05, 0) is 32.2 Å². The summed E-state index contributed by atoms with van der Waals surface area (Å²) in [4.78, 5) is 35.6. The highest BCUT2D eigenvalue weighted by molar-refractivity contribution is 6.07. The van der Waals surface area contributed by atoms with Crippen molar-refractivity contribution in [2.75, 3.05) is 50.1 Å². The van der Waals surface area contributed by atoms with Gasteiger partial charge in [-0.3, -0.25) is 9.59 Å². The number of carbonyl (C=O) groups excluding carboxylic acids is 1. The van der Waals surface area contributed by atoms with E-state index >= 15 is 4.39 Å². The van der Waals surface area contributed by atoms with E-state index in [4.69, 9.17) is 9.47 Å². The molecule has 9 nitrogen and oxygen atoms in total. The molecule has 1 atom stereocenters. The van der Waals surface area contributed by atoms with E-state index in [9.17, 15) is 18.4 Å². The van der Waals surface area contributed by atoms with Crippen LogP contribution in [0.1, 0.15) is 42.1 Å². The lowest BCUT2D eigenvalue weighted by atomic mass is 10.0. The van der Waals surface area contributed by atoms with E-state index in [2.05, 4.69) is 20.2 Å². The van der Waals surface area contributed by atoms with Crippen molar-refractivity contribution in [2.45, 2.75) is 38.3 Å². The van der Waals surface area contributed by atoms with Crippen LogP contribution >= 0.6 is 0 Å². The van der Waals surface area contributed by atoms with E-state index < -0.39 is 29.3 Å². The van der Waals surface area contributed by atoms with E-state index in [1.165, 1.54) is 18.3 Å². The van der Waals surface area contributed by atoms with E-state index in [0.29, 0.717) is 56.0 Å². The third-order valence-electron chi connectivity index (χ3n) is 7.57. The molecule has 0 spiro atoms. The number of piperazine rings is 1. The number of likely N-dealkylation sites (N-methyl/N-ethyl adjacent to an activating group) is 1. The maximum absolute atomic E-state index is 15.6. The molecular weight excluding hydrogens is 539 g/mol. The third-order valence-corrected chi connectivity index (χ3v) is 7.57. The second kappa shape index (κ2) is 12.3. The number of benzene rings is 1. The zero-order valence-electron chi connectivity index (χ0n) is 22.8. The van der Waals surface area contributed by atoms with Crippen LogP contribution in [0.25, 0.3) is 11.1 Å². The van der Waals surface area contributed by atoms with E-state index in [0.717, 1.165) is 19.0 Å². The number of hydrogen-bond acceptors (Lipinski definition) is 7. The van der Waals surface area contributed by atoms with Gasteiger partial charge in [-0.25, -0.2) is 18.2 Å². The fourth-order valence-corrected chi connectivity index (χ4v) is 5.04. The van der Waals surface area contributed by atoms with Crippen LogP contribution in [0.3, 0.4) is 0 Å². The molecular formula is C29H32F3N5O4. The fraction of sp³-hybridized carbons (Fsp3) is 0.414. The summed E-state index contributed by atoms with van der Waals surface area (Å²) in [6, 6.07) is 7.03. The second-order valence-corrected chi connectivity index (χ2v) is 10.4. The lowest BCUT2D eigenvalue weighted by Gasteiger charge is -2.39. The Morgan fingerprint density at radius 3 is 2.66 bits per heavy atom. The number of H-pyrrole nitrogens is 1. The highest BCUT2D eigenvalue weighted by Crippen LogP contribution is 2.36. The number of amides is 1. The molecule has 0 bridgehead atoms. The molecule has 0 aliphatic carbocycles. The van der Waals surface area contributed by atoms with Gasteiger partial charge < -0.3 is 29.6 Å². The molecule has 41 heavy (non-hydrogen) atoms. The molecule has 2 aliphatic heterocycles. The quantitative estimate of drug-likeness (QED) is 0.432. The molecule has 2 aliphatic rings. The molecule has 12 heteroatoms. The zero-order chi connectivity index (χ0) is 29.1. The first kappa shape index (κ1) is 28.6. The van der Waals surface area contributed by atoms with Crippen LogP contribution in [0.5, 0.6) is 5.88 Å². The van der Waals surface area contributed by atoms with Crippen LogP contribution in [0.4, 0.5) is 24.5 Å². The second-order valence-electron chi connectivity index (χ2n) is 10.4. The number of ether oxygens (including phenoxy) is 2. The normalized spacial score (nSPS) is 18.5. The summed E-state index contributed by atoms with van der Waals surface area (Å²) in [5.41, 5.74) is -0.510. The Morgan fingerprint density at radius 2 is 1.98 bits per heavy atom. The minimum Gasteiger partial charge on any atom is -0.474 e. The molecule has 0 saturated carbocycles. The first-order chi connectivity index (χ1) is 19.7. The molecule has 2 aromatic heterocycles. The van der Waals surface area contributed by atoms with Gasteiger partial charge in [-0.1, -0.05) is 0 Å². The van der Waals surface area contributed by atoms with E-state index in [1.54, 1.807) is 12.1 Å². The van der Waals surface area contributed by atoms with Crippen molar-refractivity contribution in [3.8, 4) is 17.0 Å². The molecule has 1 aromatic carbocycles. The lowest BCUT2D eigenvalue weighted by Crippen LogP contribution is -2.50. The Balaban J connectivity index is 1.48. The molecule has 2 saturated heterocycles. The number of alkyl halides is 2. The monoisotopic (exact) mass is 571 g/mol. The largest absolute Gasteiger partial charge is 0.474 e. The topological polar surface area (TPSA) is 99.8 Å². The standard InChI is InChI=1S/C29H32F3N5O4/c1-17-16-37(8-7-36(17)2)25-13-23(30)20(18-3-4-27(34-14-18)41-19-5-9-40-10-6-19)11-24(25)35-29(39)22-15-33-26(38)12-21(22)28(31)32/h3-4,11-15,17,19,28H,5-10,16H2,1-2H3,(H,33,38)(H,35,39)/t17-/m1/s1. The number of halogens is 3. The molecule has 1 amide bonds. The fourth-order valence-electron chi connectivity index (χ4n) is 5.04.